The molecule has 0 atom stereocenters. The number of rotatable bonds is 6. The molecule has 0 radical (unpaired) electrons. The molecule has 0 nitrogen and oxygen atoms in total. The van der Waals surface area contributed by atoms with Gasteiger partial charge in [-0.1, -0.05) is 41.5 Å². The maximum absolute atomic E-state index is 2.34. The Morgan fingerprint density at radius 3 is 2.41 bits per heavy atom. The van der Waals surface area contributed by atoms with Crippen LogP contribution in [0, 0.1) is 0 Å². The lowest BCUT2D eigenvalue weighted by molar-refractivity contribution is 0.964. The second-order valence-corrected chi connectivity index (χ2v) is 5.59. The molecule has 17 heavy (non-hydrogen) atoms. The van der Waals surface area contributed by atoms with Crippen LogP contribution in [0.3, 0.4) is 0 Å². The number of thioether (sulfide) groups is 1. The van der Waals surface area contributed by atoms with E-state index in [0.29, 0.717) is 0 Å². The molecule has 1 heteroatoms. The third kappa shape index (κ3) is 7.06. The fourth-order valence-electron chi connectivity index (χ4n) is 1.49. The van der Waals surface area contributed by atoms with Gasteiger partial charge in [0, 0.05) is 10.6 Å². The van der Waals surface area contributed by atoms with Gasteiger partial charge >= 0.3 is 0 Å². The van der Waals surface area contributed by atoms with Crippen LogP contribution in [-0.2, 0) is 0 Å². The van der Waals surface area contributed by atoms with Gasteiger partial charge in [-0.15, -0.1) is 11.8 Å². The van der Waals surface area contributed by atoms with Crippen LogP contribution in [0.4, 0.5) is 0 Å². The molecule has 0 aliphatic carbocycles. The molecule has 0 aromatic heterocycles. The number of allylic oxidation sites excluding steroid dienone is 3. The van der Waals surface area contributed by atoms with Gasteiger partial charge in [0.15, 0.2) is 0 Å². The zero-order valence-corrected chi connectivity index (χ0v) is 11.9. The summed E-state index contributed by atoms with van der Waals surface area (Å²) in [5.41, 5.74) is 2.90. The Hall–Kier alpha value is -0.950. The van der Waals surface area contributed by atoms with Crippen LogP contribution in [0.5, 0.6) is 0 Å². The average Bonchev–Trinajstić information content (AvgIpc) is 2.30. The fraction of sp³-hybridized carbons (Fsp3) is 0.375. The zero-order valence-electron chi connectivity index (χ0n) is 11.1. The molecular formula is C16H22S. The Morgan fingerprint density at radius 1 is 1.06 bits per heavy atom. The molecule has 0 saturated heterocycles. The van der Waals surface area contributed by atoms with E-state index in [1.165, 1.54) is 28.9 Å². The highest BCUT2D eigenvalue weighted by atomic mass is 32.2. The van der Waals surface area contributed by atoms with E-state index in [1.54, 1.807) is 0 Å². The summed E-state index contributed by atoms with van der Waals surface area (Å²) < 4.78 is 0. The summed E-state index contributed by atoms with van der Waals surface area (Å²) in [6.07, 6.45) is 7.00. The number of hydrogen-bond acceptors (Lipinski definition) is 1. The molecule has 1 aromatic rings. The van der Waals surface area contributed by atoms with E-state index in [1.807, 2.05) is 11.8 Å². The molecule has 1 aromatic carbocycles. The minimum atomic E-state index is 1.07. The first kappa shape index (κ1) is 14.1. The smallest absolute Gasteiger partial charge is 0.0163 e. The van der Waals surface area contributed by atoms with Gasteiger partial charge in [0.2, 0.25) is 0 Å². The van der Waals surface area contributed by atoms with E-state index in [-0.39, 0.29) is 0 Å². The van der Waals surface area contributed by atoms with E-state index >= 15 is 0 Å². The minimum absolute atomic E-state index is 1.07. The van der Waals surface area contributed by atoms with Crippen LogP contribution in [0.1, 0.15) is 33.6 Å². The van der Waals surface area contributed by atoms with E-state index in [2.05, 4.69) is 63.3 Å². The van der Waals surface area contributed by atoms with Crippen LogP contribution < -0.4 is 0 Å². The minimum Gasteiger partial charge on any atom is -0.122 e. The average molecular weight is 246 g/mol. The SMILES string of the molecule is CC(C)=CCCC(C)=CCSc1ccccc1. The van der Waals surface area contributed by atoms with Crippen molar-refractivity contribution in [3.63, 3.8) is 0 Å². The van der Waals surface area contributed by atoms with Gasteiger partial charge < -0.3 is 0 Å². The molecule has 1 rings (SSSR count). The van der Waals surface area contributed by atoms with Gasteiger partial charge in [0.05, 0.1) is 0 Å². The Balaban J connectivity index is 2.26. The first-order valence-electron chi connectivity index (χ1n) is 6.15. The second-order valence-electron chi connectivity index (χ2n) is 4.49. The van der Waals surface area contributed by atoms with E-state index in [4.69, 9.17) is 0 Å². The molecule has 0 saturated carbocycles. The highest BCUT2D eigenvalue weighted by Crippen LogP contribution is 2.18. The van der Waals surface area contributed by atoms with Crippen molar-refractivity contribution in [2.45, 2.75) is 38.5 Å². The molecule has 0 spiro atoms. The first-order chi connectivity index (χ1) is 8.18. The predicted molar refractivity (Wildman–Crippen MR) is 79.6 cm³/mol. The Kier molecular flexibility index (Phi) is 6.80. The van der Waals surface area contributed by atoms with E-state index in [0.717, 1.165) is 5.75 Å². The second kappa shape index (κ2) is 8.19. The first-order valence-corrected chi connectivity index (χ1v) is 7.14. The molecule has 0 heterocycles. The van der Waals surface area contributed by atoms with Crippen LogP contribution in [-0.4, -0.2) is 5.75 Å². The Morgan fingerprint density at radius 2 is 1.76 bits per heavy atom. The topological polar surface area (TPSA) is 0 Å². The van der Waals surface area contributed by atoms with Gasteiger partial charge in [-0.25, -0.2) is 0 Å². The van der Waals surface area contributed by atoms with E-state index in [9.17, 15) is 0 Å². The monoisotopic (exact) mass is 246 g/mol. The van der Waals surface area contributed by atoms with Crippen molar-refractivity contribution in [2.75, 3.05) is 5.75 Å². The van der Waals surface area contributed by atoms with Gasteiger partial charge in [-0.2, -0.15) is 0 Å². The molecule has 0 aliphatic rings. The highest BCUT2D eigenvalue weighted by molar-refractivity contribution is 7.99. The summed E-state index contributed by atoms with van der Waals surface area (Å²) in [5, 5.41) is 0. The van der Waals surface area contributed by atoms with Gasteiger partial charge in [0.1, 0.15) is 0 Å². The van der Waals surface area contributed by atoms with Crippen LogP contribution in [0.25, 0.3) is 0 Å². The highest BCUT2D eigenvalue weighted by Gasteiger charge is 1.92. The maximum Gasteiger partial charge on any atom is 0.0163 e. The van der Waals surface area contributed by atoms with Crippen molar-refractivity contribution in [1.29, 1.82) is 0 Å². The molecule has 0 fully saturated rings. The van der Waals surface area contributed by atoms with E-state index < -0.39 is 0 Å². The zero-order chi connectivity index (χ0) is 12.5. The lowest BCUT2D eigenvalue weighted by Gasteiger charge is -2.00. The van der Waals surface area contributed by atoms with Gasteiger partial charge in [0.25, 0.3) is 0 Å². The predicted octanol–water partition coefficient (Wildman–Crippen LogP) is 5.47. The maximum atomic E-state index is 2.34. The van der Waals surface area contributed by atoms with Crippen molar-refractivity contribution in [2.24, 2.45) is 0 Å². The standard InChI is InChI=1S/C16H22S/c1-14(2)8-7-9-15(3)12-13-17-16-10-5-4-6-11-16/h4-6,8,10-12H,7,9,13H2,1-3H3. The molecule has 0 N–H and O–H groups in total. The van der Waals surface area contributed by atoms with Crippen LogP contribution >= 0.6 is 11.8 Å². The lowest BCUT2D eigenvalue weighted by Crippen LogP contribution is -1.80. The lowest BCUT2D eigenvalue weighted by atomic mass is 10.1. The van der Waals surface area contributed by atoms with Crippen LogP contribution in [0.15, 0.2) is 58.5 Å². The van der Waals surface area contributed by atoms with Gasteiger partial charge in [-0.05, 0) is 45.7 Å². The largest absolute Gasteiger partial charge is 0.122 e. The summed E-state index contributed by atoms with van der Waals surface area (Å²) >= 11 is 1.90. The van der Waals surface area contributed by atoms with Crippen LogP contribution in [0.2, 0.25) is 0 Å². The third-order valence-electron chi connectivity index (χ3n) is 2.52. The number of hydrogen-bond donors (Lipinski definition) is 0. The summed E-state index contributed by atoms with van der Waals surface area (Å²) in [6, 6.07) is 10.6. The summed E-state index contributed by atoms with van der Waals surface area (Å²) in [6.45, 7) is 6.54. The molecule has 0 aliphatic heterocycles. The molecule has 92 valence electrons. The summed E-state index contributed by atoms with van der Waals surface area (Å²) in [4.78, 5) is 1.35. The third-order valence-corrected chi connectivity index (χ3v) is 3.46. The number of benzene rings is 1. The summed E-state index contributed by atoms with van der Waals surface area (Å²) in [7, 11) is 0. The molecular weight excluding hydrogens is 224 g/mol. The van der Waals surface area contributed by atoms with Crippen molar-refractivity contribution in [3.05, 3.63) is 53.6 Å². The molecule has 0 unspecified atom stereocenters. The Labute approximate surface area is 110 Å². The van der Waals surface area contributed by atoms with Gasteiger partial charge in [-0.3, -0.25) is 0 Å². The summed E-state index contributed by atoms with van der Waals surface area (Å²) in [5.74, 6) is 1.07. The van der Waals surface area contributed by atoms with Crippen molar-refractivity contribution >= 4 is 11.8 Å². The van der Waals surface area contributed by atoms with Crippen molar-refractivity contribution < 1.29 is 0 Å². The van der Waals surface area contributed by atoms with Crippen molar-refractivity contribution in [3.8, 4) is 0 Å². The quantitative estimate of drug-likeness (QED) is 0.473. The fourth-order valence-corrected chi connectivity index (χ4v) is 2.40. The molecule has 0 bridgehead atoms. The Bertz CT molecular complexity index is 370. The normalized spacial score (nSPS) is 11.4. The van der Waals surface area contributed by atoms with Crippen molar-refractivity contribution in [1.82, 2.24) is 0 Å². The molecule has 0 amide bonds.